The van der Waals surface area contributed by atoms with Gasteiger partial charge in [-0.15, -0.1) is 0 Å². The Morgan fingerprint density at radius 3 is 2.48 bits per heavy atom. The molecular weight excluding hydrogens is 288 g/mol. The van der Waals surface area contributed by atoms with Gasteiger partial charge in [-0.2, -0.15) is 0 Å². The number of hydrazine groups is 1. The number of nitrogens with one attached hydrogen (secondary N) is 1. The minimum absolute atomic E-state index is 0.356. The lowest BCUT2D eigenvalue weighted by atomic mass is 10.2. The number of amides is 1. The highest BCUT2D eigenvalue weighted by Crippen LogP contribution is 2.24. The number of hydrogen-bond acceptors (Lipinski definition) is 6. The van der Waals surface area contributed by atoms with E-state index in [9.17, 15) is 4.79 Å². The number of carbonyl (C=O) groups is 1. The molecule has 0 aromatic carbocycles. The third kappa shape index (κ3) is 3.43. The summed E-state index contributed by atoms with van der Waals surface area (Å²) in [4.78, 5) is 20.4. The predicted octanol–water partition coefficient (Wildman–Crippen LogP) is 2.20. The molecule has 0 fully saturated rings. The van der Waals surface area contributed by atoms with Crippen molar-refractivity contribution in [3.05, 3.63) is 40.1 Å². The zero-order chi connectivity index (χ0) is 15.6. The lowest BCUT2D eigenvalue weighted by Crippen LogP contribution is -2.30. The highest BCUT2D eigenvalue weighted by molar-refractivity contribution is 7.98. The van der Waals surface area contributed by atoms with Gasteiger partial charge in [-0.05, 0) is 39.3 Å². The van der Waals surface area contributed by atoms with Gasteiger partial charge in [-0.3, -0.25) is 10.2 Å². The summed E-state index contributed by atoms with van der Waals surface area (Å²) in [6.07, 6.45) is 0. The first-order valence-electron chi connectivity index (χ1n) is 6.47. The number of thioether (sulfide) groups is 1. The molecule has 2 heterocycles. The molecule has 6 nitrogen and oxygen atoms in total. The van der Waals surface area contributed by atoms with Crippen molar-refractivity contribution in [3.8, 4) is 0 Å². The van der Waals surface area contributed by atoms with E-state index in [0.29, 0.717) is 28.0 Å². The number of hydrogen-bond donors (Lipinski definition) is 2. The SMILES string of the molecule is Cc1nc(SCc2cc(C(=O)NN)c(C)o2)nc(C)c1C. The molecule has 112 valence electrons. The van der Waals surface area contributed by atoms with Gasteiger partial charge >= 0.3 is 0 Å². The van der Waals surface area contributed by atoms with Crippen LogP contribution in [0.2, 0.25) is 0 Å². The number of aromatic nitrogens is 2. The van der Waals surface area contributed by atoms with Gasteiger partial charge in [0, 0.05) is 11.4 Å². The summed E-state index contributed by atoms with van der Waals surface area (Å²) in [6.45, 7) is 7.67. The average molecular weight is 306 g/mol. The molecule has 0 aliphatic carbocycles. The number of furan rings is 1. The Balaban J connectivity index is 2.12. The van der Waals surface area contributed by atoms with E-state index in [1.165, 1.54) is 11.8 Å². The van der Waals surface area contributed by atoms with Gasteiger partial charge in [0.05, 0.1) is 11.3 Å². The molecule has 21 heavy (non-hydrogen) atoms. The molecule has 7 heteroatoms. The van der Waals surface area contributed by atoms with E-state index >= 15 is 0 Å². The van der Waals surface area contributed by atoms with Gasteiger partial charge in [0.1, 0.15) is 11.5 Å². The molecular formula is C14H18N4O2S. The van der Waals surface area contributed by atoms with Crippen LogP contribution in [0.4, 0.5) is 0 Å². The van der Waals surface area contributed by atoms with Gasteiger partial charge in [0.2, 0.25) is 0 Å². The van der Waals surface area contributed by atoms with E-state index in [0.717, 1.165) is 17.0 Å². The molecule has 1 amide bonds. The summed E-state index contributed by atoms with van der Waals surface area (Å²) in [6, 6.07) is 1.69. The highest BCUT2D eigenvalue weighted by atomic mass is 32.2. The van der Waals surface area contributed by atoms with Gasteiger partial charge < -0.3 is 4.42 Å². The van der Waals surface area contributed by atoms with Crippen LogP contribution in [-0.2, 0) is 5.75 Å². The molecule has 2 aromatic rings. The van der Waals surface area contributed by atoms with Crippen LogP contribution >= 0.6 is 11.8 Å². The summed E-state index contributed by atoms with van der Waals surface area (Å²) in [5.41, 5.74) is 5.61. The number of aryl methyl sites for hydroxylation is 3. The van der Waals surface area contributed by atoms with Crippen molar-refractivity contribution in [2.24, 2.45) is 5.84 Å². The first-order valence-corrected chi connectivity index (χ1v) is 7.45. The van der Waals surface area contributed by atoms with E-state index in [1.807, 2.05) is 20.8 Å². The zero-order valence-corrected chi connectivity index (χ0v) is 13.3. The molecule has 2 aromatic heterocycles. The molecule has 0 unspecified atom stereocenters. The Labute approximate surface area is 127 Å². The number of carbonyl (C=O) groups excluding carboxylic acids is 1. The molecule has 0 saturated carbocycles. The molecule has 0 spiro atoms. The smallest absolute Gasteiger partial charge is 0.268 e. The Kier molecular flexibility index (Phi) is 4.64. The van der Waals surface area contributed by atoms with E-state index in [4.69, 9.17) is 10.3 Å². The van der Waals surface area contributed by atoms with Crippen LogP contribution in [0, 0.1) is 27.7 Å². The van der Waals surface area contributed by atoms with Crippen LogP contribution in [0.5, 0.6) is 0 Å². The monoisotopic (exact) mass is 306 g/mol. The first kappa shape index (κ1) is 15.5. The summed E-state index contributed by atoms with van der Waals surface area (Å²) < 4.78 is 5.55. The Morgan fingerprint density at radius 2 is 1.90 bits per heavy atom. The maximum Gasteiger partial charge on any atom is 0.268 e. The topological polar surface area (TPSA) is 94.0 Å². The Hall–Kier alpha value is -1.86. The van der Waals surface area contributed by atoms with Gasteiger partial charge in [0.15, 0.2) is 5.16 Å². The van der Waals surface area contributed by atoms with Crippen molar-refractivity contribution >= 4 is 17.7 Å². The molecule has 0 saturated heterocycles. The third-order valence-corrected chi connectivity index (χ3v) is 4.17. The lowest BCUT2D eigenvalue weighted by Gasteiger charge is -2.05. The molecule has 0 atom stereocenters. The fraction of sp³-hybridized carbons (Fsp3) is 0.357. The van der Waals surface area contributed by atoms with E-state index in [2.05, 4.69) is 15.4 Å². The van der Waals surface area contributed by atoms with Crippen molar-refractivity contribution in [2.75, 3.05) is 0 Å². The minimum atomic E-state index is -0.356. The van der Waals surface area contributed by atoms with E-state index < -0.39 is 0 Å². The van der Waals surface area contributed by atoms with E-state index in [-0.39, 0.29) is 5.91 Å². The average Bonchev–Trinajstić information content (AvgIpc) is 2.82. The van der Waals surface area contributed by atoms with Crippen LogP contribution in [0.25, 0.3) is 0 Å². The lowest BCUT2D eigenvalue weighted by molar-refractivity contribution is 0.0952. The Morgan fingerprint density at radius 1 is 1.29 bits per heavy atom. The first-order chi connectivity index (χ1) is 9.92. The largest absolute Gasteiger partial charge is 0.465 e. The molecule has 2 rings (SSSR count). The standard InChI is InChI=1S/C14H18N4O2S/c1-7-8(2)16-14(17-9(7)3)21-6-11-5-12(10(4)20-11)13(19)18-15/h5H,6,15H2,1-4H3,(H,18,19). The van der Waals surface area contributed by atoms with Crippen molar-refractivity contribution in [3.63, 3.8) is 0 Å². The van der Waals surface area contributed by atoms with Gasteiger partial charge in [-0.1, -0.05) is 11.8 Å². The second kappa shape index (κ2) is 6.28. The van der Waals surface area contributed by atoms with Crippen LogP contribution in [0.3, 0.4) is 0 Å². The van der Waals surface area contributed by atoms with Gasteiger partial charge in [-0.25, -0.2) is 15.8 Å². The molecule has 3 N–H and O–H groups in total. The quantitative estimate of drug-likeness (QED) is 0.296. The fourth-order valence-corrected chi connectivity index (χ4v) is 2.68. The van der Waals surface area contributed by atoms with Crippen molar-refractivity contribution < 1.29 is 9.21 Å². The predicted molar refractivity (Wildman–Crippen MR) is 80.9 cm³/mol. The third-order valence-electron chi connectivity index (χ3n) is 3.30. The van der Waals surface area contributed by atoms with E-state index in [1.54, 1.807) is 13.0 Å². The highest BCUT2D eigenvalue weighted by Gasteiger charge is 2.14. The minimum Gasteiger partial charge on any atom is -0.465 e. The van der Waals surface area contributed by atoms with Crippen LogP contribution in [0.1, 0.15) is 38.8 Å². The number of nitrogens with two attached hydrogens (primary N) is 1. The second-order valence-electron chi connectivity index (χ2n) is 4.75. The van der Waals surface area contributed by atoms with Crippen molar-refractivity contribution in [1.82, 2.24) is 15.4 Å². The maximum atomic E-state index is 11.5. The molecule has 0 radical (unpaired) electrons. The summed E-state index contributed by atoms with van der Waals surface area (Å²) in [5, 5.41) is 0.703. The van der Waals surface area contributed by atoms with Crippen LogP contribution in [-0.4, -0.2) is 15.9 Å². The van der Waals surface area contributed by atoms with Crippen LogP contribution < -0.4 is 11.3 Å². The normalized spacial score (nSPS) is 10.7. The van der Waals surface area contributed by atoms with Crippen LogP contribution in [0.15, 0.2) is 15.6 Å². The van der Waals surface area contributed by atoms with Gasteiger partial charge in [0.25, 0.3) is 5.91 Å². The van der Waals surface area contributed by atoms with Crippen molar-refractivity contribution in [1.29, 1.82) is 0 Å². The summed E-state index contributed by atoms with van der Waals surface area (Å²) in [7, 11) is 0. The fourth-order valence-electron chi connectivity index (χ4n) is 1.86. The molecule has 0 bridgehead atoms. The summed E-state index contributed by atoms with van der Waals surface area (Å²) >= 11 is 1.47. The zero-order valence-electron chi connectivity index (χ0n) is 12.5. The number of nitrogen functional groups attached to an aromatic ring is 1. The second-order valence-corrected chi connectivity index (χ2v) is 5.69. The molecule has 0 aliphatic heterocycles. The maximum absolute atomic E-state index is 11.5. The number of nitrogens with zero attached hydrogens (tertiary/aromatic N) is 2. The Bertz CT molecular complexity index is 659. The molecule has 0 aliphatic rings. The van der Waals surface area contributed by atoms with Crippen molar-refractivity contribution in [2.45, 2.75) is 38.6 Å². The summed E-state index contributed by atoms with van der Waals surface area (Å²) in [5.74, 6) is 6.57. The number of rotatable bonds is 4.